The fourth-order valence-corrected chi connectivity index (χ4v) is 4.40. The molecule has 1 aliphatic rings. The summed E-state index contributed by atoms with van der Waals surface area (Å²) in [5.74, 6) is 0.436. The summed E-state index contributed by atoms with van der Waals surface area (Å²) in [4.78, 5) is 21.5. The number of ether oxygens (including phenoxy) is 1. The molecule has 176 valence electrons. The van der Waals surface area contributed by atoms with Crippen LogP contribution in [0.5, 0.6) is 0 Å². The first-order chi connectivity index (χ1) is 16.8. The molecule has 2 aromatic carbocycles. The van der Waals surface area contributed by atoms with Gasteiger partial charge in [-0.05, 0) is 55.1 Å². The van der Waals surface area contributed by atoms with Crippen molar-refractivity contribution in [2.45, 2.75) is 19.8 Å². The third-order valence-electron chi connectivity index (χ3n) is 6.15. The predicted molar refractivity (Wildman–Crippen MR) is 138 cm³/mol. The van der Waals surface area contributed by atoms with Crippen molar-refractivity contribution in [3.05, 3.63) is 102 Å². The molecule has 2 heterocycles. The van der Waals surface area contributed by atoms with E-state index in [1.807, 2.05) is 6.92 Å². The number of hydrogen-bond donors (Lipinski definition) is 0. The van der Waals surface area contributed by atoms with Crippen LogP contribution >= 0.6 is 0 Å². The SMILES string of the molecule is CCOC(=O)c1cccnc1N1CCN(CCCC=C(c2ccccc2)c2ccccc2)CC1. The van der Waals surface area contributed by atoms with Gasteiger partial charge in [0.05, 0.1) is 6.61 Å². The summed E-state index contributed by atoms with van der Waals surface area (Å²) in [6, 6.07) is 24.8. The number of piperazine rings is 1. The van der Waals surface area contributed by atoms with E-state index in [0.29, 0.717) is 12.2 Å². The lowest BCUT2D eigenvalue weighted by Gasteiger charge is -2.35. The summed E-state index contributed by atoms with van der Waals surface area (Å²) in [7, 11) is 0. The molecule has 0 aliphatic carbocycles. The second-order valence-corrected chi connectivity index (χ2v) is 8.42. The van der Waals surface area contributed by atoms with Gasteiger partial charge in [0.15, 0.2) is 0 Å². The molecule has 3 aromatic rings. The van der Waals surface area contributed by atoms with Gasteiger partial charge in [0.25, 0.3) is 0 Å². The van der Waals surface area contributed by atoms with Crippen LogP contribution in [-0.2, 0) is 4.74 Å². The van der Waals surface area contributed by atoms with Gasteiger partial charge in [-0.2, -0.15) is 0 Å². The van der Waals surface area contributed by atoms with Gasteiger partial charge in [-0.1, -0.05) is 66.7 Å². The van der Waals surface area contributed by atoms with E-state index < -0.39 is 0 Å². The van der Waals surface area contributed by atoms with Crippen molar-refractivity contribution in [1.82, 2.24) is 9.88 Å². The van der Waals surface area contributed by atoms with E-state index in [9.17, 15) is 4.79 Å². The highest BCUT2D eigenvalue weighted by Crippen LogP contribution is 2.24. The van der Waals surface area contributed by atoms with E-state index in [4.69, 9.17) is 4.74 Å². The number of aromatic nitrogens is 1. The molecule has 0 bridgehead atoms. The minimum absolute atomic E-state index is 0.299. The third kappa shape index (κ3) is 6.12. The van der Waals surface area contributed by atoms with Crippen molar-refractivity contribution in [2.24, 2.45) is 0 Å². The van der Waals surface area contributed by atoms with E-state index in [2.05, 4.69) is 81.5 Å². The first kappa shape index (κ1) is 23.7. The number of pyridine rings is 1. The molecule has 1 aliphatic heterocycles. The highest BCUT2D eigenvalue weighted by Gasteiger charge is 2.22. The van der Waals surface area contributed by atoms with Crippen LogP contribution in [0.15, 0.2) is 85.1 Å². The van der Waals surface area contributed by atoms with Crippen LogP contribution in [-0.4, -0.2) is 55.2 Å². The Bertz CT molecular complexity index is 1030. The number of benzene rings is 2. The number of anilines is 1. The van der Waals surface area contributed by atoms with E-state index in [-0.39, 0.29) is 5.97 Å². The van der Waals surface area contributed by atoms with Crippen LogP contribution in [0, 0.1) is 0 Å². The average Bonchev–Trinajstić information content (AvgIpc) is 2.90. The Balaban J connectivity index is 1.32. The molecule has 0 unspecified atom stereocenters. The van der Waals surface area contributed by atoms with Crippen LogP contribution in [0.4, 0.5) is 5.82 Å². The molecule has 5 nitrogen and oxygen atoms in total. The fraction of sp³-hybridized carbons (Fsp3) is 0.310. The molecule has 34 heavy (non-hydrogen) atoms. The van der Waals surface area contributed by atoms with Gasteiger partial charge >= 0.3 is 5.97 Å². The molecule has 0 amide bonds. The van der Waals surface area contributed by atoms with Gasteiger partial charge in [0.2, 0.25) is 0 Å². The maximum absolute atomic E-state index is 12.3. The molecular formula is C29H33N3O2. The van der Waals surface area contributed by atoms with E-state index in [0.717, 1.165) is 51.4 Å². The number of unbranched alkanes of at least 4 members (excludes halogenated alkanes) is 1. The zero-order chi connectivity index (χ0) is 23.6. The second kappa shape index (κ2) is 12.1. The molecule has 0 saturated carbocycles. The van der Waals surface area contributed by atoms with Crippen molar-refractivity contribution in [1.29, 1.82) is 0 Å². The maximum Gasteiger partial charge on any atom is 0.341 e. The Morgan fingerprint density at radius 3 is 2.18 bits per heavy atom. The van der Waals surface area contributed by atoms with Crippen LogP contribution in [0.25, 0.3) is 5.57 Å². The molecule has 1 aromatic heterocycles. The van der Waals surface area contributed by atoms with Crippen molar-refractivity contribution in [3.63, 3.8) is 0 Å². The van der Waals surface area contributed by atoms with Crippen LogP contribution in [0.1, 0.15) is 41.3 Å². The maximum atomic E-state index is 12.3. The van der Waals surface area contributed by atoms with Gasteiger partial charge in [0, 0.05) is 32.4 Å². The Morgan fingerprint density at radius 1 is 0.912 bits per heavy atom. The van der Waals surface area contributed by atoms with E-state index in [1.54, 1.807) is 18.3 Å². The molecule has 0 atom stereocenters. The minimum Gasteiger partial charge on any atom is -0.462 e. The molecule has 0 N–H and O–H groups in total. The monoisotopic (exact) mass is 455 g/mol. The lowest BCUT2D eigenvalue weighted by atomic mass is 9.96. The van der Waals surface area contributed by atoms with Gasteiger partial charge in [-0.15, -0.1) is 0 Å². The normalized spacial score (nSPS) is 14.0. The standard InChI is InChI=1S/C29H33N3O2/c1-2-34-29(33)27-17-11-18-30-28(27)32-22-20-31(21-23-32)19-10-9-16-26(24-12-5-3-6-13-24)25-14-7-4-8-15-25/h3-8,11-18H,2,9-10,19-23H2,1H3. The van der Waals surface area contributed by atoms with Crippen LogP contribution < -0.4 is 4.90 Å². The van der Waals surface area contributed by atoms with Gasteiger partial charge in [0.1, 0.15) is 11.4 Å². The Hall–Kier alpha value is -3.44. The smallest absolute Gasteiger partial charge is 0.341 e. The largest absolute Gasteiger partial charge is 0.462 e. The molecule has 1 saturated heterocycles. The molecular weight excluding hydrogens is 422 g/mol. The number of rotatable bonds is 9. The zero-order valence-electron chi connectivity index (χ0n) is 19.9. The number of allylic oxidation sites excluding steroid dienone is 1. The highest BCUT2D eigenvalue weighted by molar-refractivity contribution is 5.94. The summed E-state index contributed by atoms with van der Waals surface area (Å²) >= 11 is 0. The highest BCUT2D eigenvalue weighted by atomic mass is 16.5. The number of nitrogens with zero attached hydrogens (tertiary/aromatic N) is 3. The summed E-state index contributed by atoms with van der Waals surface area (Å²) in [6.07, 6.45) is 6.27. The Morgan fingerprint density at radius 2 is 1.56 bits per heavy atom. The van der Waals surface area contributed by atoms with Crippen LogP contribution in [0.2, 0.25) is 0 Å². The van der Waals surface area contributed by atoms with Crippen molar-refractivity contribution >= 4 is 17.4 Å². The van der Waals surface area contributed by atoms with Crippen molar-refractivity contribution in [2.75, 3.05) is 44.2 Å². The summed E-state index contributed by atoms with van der Waals surface area (Å²) in [5, 5.41) is 0. The fourth-order valence-electron chi connectivity index (χ4n) is 4.40. The number of carbonyl (C=O) groups excluding carboxylic acids is 1. The quantitative estimate of drug-likeness (QED) is 0.324. The van der Waals surface area contributed by atoms with E-state index in [1.165, 1.54) is 16.7 Å². The van der Waals surface area contributed by atoms with Crippen LogP contribution in [0.3, 0.4) is 0 Å². The second-order valence-electron chi connectivity index (χ2n) is 8.42. The average molecular weight is 456 g/mol. The molecule has 0 spiro atoms. The van der Waals surface area contributed by atoms with Crippen molar-refractivity contribution < 1.29 is 9.53 Å². The molecule has 4 rings (SSSR count). The first-order valence-electron chi connectivity index (χ1n) is 12.2. The summed E-state index contributed by atoms with van der Waals surface area (Å²) < 4.78 is 5.21. The number of hydrogen-bond acceptors (Lipinski definition) is 5. The predicted octanol–water partition coefficient (Wildman–Crippen LogP) is 5.29. The van der Waals surface area contributed by atoms with Gasteiger partial charge < -0.3 is 9.64 Å². The topological polar surface area (TPSA) is 45.7 Å². The van der Waals surface area contributed by atoms with Gasteiger partial charge in [-0.25, -0.2) is 9.78 Å². The lowest BCUT2D eigenvalue weighted by Crippen LogP contribution is -2.47. The molecule has 1 fully saturated rings. The number of esters is 1. The first-order valence-corrected chi connectivity index (χ1v) is 12.2. The Kier molecular flexibility index (Phi) is 8.47. The molecule has 0 radical (unpaired) electrons. The van der Waals surface area contributed by atoms with Crippen molar-refractivity contribution in [3.8, 4) is 0 Å². The van der Waals surface area contributed by atoms with E-state index >= 15 is 0 Å². The zero-order valence-corrected chi connectivity index (χ0v) is 19.9. The summed E-state index contributed by atoms with van der Waals surface area (Å²) in [5.41, 5.74) is 4.37. The van der Waals surface area contributed by atoms with Gasteiger partial charge in [-0.3, -0.25) is 4.90 Å². The minimum atomic E-state index is -0.299. The number of carbonyl (C=O) groups is 1. The Labute approximate surface area is 202 Å². The molecule has 5 heteroatoms. The lowest BCUT2D eigenvalue weighted by molar-refractivity contribution is 0.0526. The third-order valence-corrected chi connectivity index (χ3v) is 6.15. The summed E-state index contributed by atoms with van der Waals surface area (Å²) in [6.45, 7) is 6.90.